The molecule has 20 aromatic rings. The molecule has 0 saturated heterocycles. The first-order chi connectivity index (χ1) is 54.0. The summed E-state index contributed by atoms with van der Waals surface area (Å²) in [5.74, 6) is 0. The van der Waals surface area contributed by atoms with E-state index >= 15 is 0 Å². The van der Waals surface area contributed by atoms with Crippen molar-refractivity contribution >= 4 is 99.9 Å². The van der Waals surface area contributed by atoms with E-state index in [-0.39, 0.29) is 0 Å². The van der Waals surface area contributed by atoms with Gasteiger partial charge in [-0.3, -0.25) is 0 Å². The zero-order valence-corrected chi connectivity index (χ0v) is 59.4. The van der Waals surface area contributed by atoms with Crippen LogP contribution in [0.2, 0.25) is 0 Å². The molecule has 512 valence electrons. The summed E-state index contributed by atoms with van der Waals surface area (Å²) in [6, 6.07) is 148. The molecule has 5 nitrogen and oxygen atoms in total. The van der Waals surface area contributed by atoms with Crippen LogP contribution in [0, 0.1) is 0 Å². The van der Waals surface area contributed by atoms with E-state index in [0.29, 0.717) is 0 Å². The number of hydrogen-bond acceptors (Lipinski definition) is 5. The number of hydrogen-bond donors (Lipinski definition) is 0. The van der Waals surface area contributed by atoms with Crippen LogP contribution in [0.3, 0.4) is 0 Å². The summed E-state index contributed by atoms with van der Waals surface area (Å²) >= 11 is 0. The third kappa shape index (κ3) is 10.2. The Balaban J connectivity index is 0.000000139. The monoisotopic (exact) mass is 1390 g/mol. The van der Waals surface area contributed by atoms with Crippen LogP contribution in [0.5, 0.6) is 0 Å². The molecule has 22 rings (SSSR count). The lowest BCUT2D eigenvalue weighted by atomic mass is 9.67. The first-order valence-electron chi connectivity index (χ1n) is 37.3. The zero-order chi connectivity index (χ0) is 72.0. The van der Waals surface area contributed by atoms with Crippen molar-refractivity contribution in [1.29, 1.82) is 0 Å². The highest BCUT2D eigenvalue weighted by Crippen LogP contribution is 2.59. The first kappa shape index (κ1) is 63.2. The van der Waals surface area contributed by atoms with Gasteiger partial charge in [0, 0.05) is 84.1 Å². The molecule has 0 N–H and O–H groups in total. The van der Waals surface area contributed by atoms with Gasteiger partial charge in [0.2, 0.25) is 0 Å². The van der Waals surface area contributed by atoms with Gasteiger partial charge in [-0.1, -0.05) is 303 Å². The Bertz CT molecular complexity index is 6770. The van der Waals surface area contributed by atoms with Crippen LogP contribution in [0.4, 0.5) is 34.1 Å². The van der Waals surface area contributed by atoms with E-state index in [1.54, 1.807) is 0 Å². The molecule has 0 bridgehead atoms. The molecule has 2 aliphatic carbocycles. The van der Waals surface area contributed by atoms with Crippen LogP contribution in [0.1, 0.15) is 44.5 Å². The highest BCUT2D eigenvalue weighted by atomic mass is 16.3. The van der Waals surface area contributed by atoms with Gasteiger partial charge in [0.1, 0.15) is 33.5 Å². The average molecular weight is 1390 g/mol. The standard InChI is InChI=1S/C55H37NO.C49H31NO2/c1-4-16-38(17-5-1)39-30-33-44(34-31-39)56(43-21-8-3-9-22-43)45-23-14-18-40(36-45)41-32-35-53-49(37-41)48-26-15-29-52(54(48)57-53)55(42-19-6-2-7-20-42)50-27-12-10-24-46(50)47-25-11-13-28-51(47)55;1-3-13-32(14-4-1)49(43-20-10-7-17-37(43)38-18-8-11-21-44(38)49)33-23-26-40-42-28-25-36(31-48(42)52-46(40)29-33)50(34-15-5-2-6-16-34)35-24-27-41-39-19-9-12-22-45(39)51-47(41)30-35/h1-37H;1-31H. The van der Waals surface area contributed by atoms with Crippen molar-refractivity contribution in [2.75, 3.05) is 9.80 Å². The normalized spacial score (nSPS) is 12.9. The van der Waals surface area contributed by atoms with Crippen molar-refractivity contribution < 1.29 is 13.3 Å². The SMILES string of the molecule is c1ccc(-c2ccc(N(c3ccccc3)c3cccc(-c4ccc5oc6c(C7(c8ccccc8)c8ccccc8-c8ccccc87)cccc6c5c4)c3)cc2)cc1.c1ccc(N(c2ccc3c(c2)oc2ccccc23)c2ccc3c(c2)oc2cc(C4(c5ccccc5)c5ccccc5-c5ccccc54)ccc23)cc1. The smallest absolute Gasteiger partial charge is 0.140 e. The van der Waals surface area contributed by atoms with E-state index in [4.69, 9.17) is 13.3 Å². The number of nitrogens with zero attached hydrogens (tertiary/aromatic N) is 2. The van der Waals surface area contributed by atoms with Gasteiger partial charge in [0.05, 0.1) is 10.8 Å². The molecule has 0 spiro atoms. The molecule has 0 atom stereocenters. The van der Waals surface area contributed by atoms with Gasteiger partial charge in [0.15, 0.2) is 0 Å². The molecular formula is C104H68N2O3. The number of para-hydroxylation sites is 4. The van der Waals surface area contributed by atoms with E-state index in [1.807, 2.05) is 18.2 Å². The highest BCUT2D eigenvalue weighted by molar-refractivity contribution is 6.10. The summed E-state index contributed by atoms with van der Waals surface area (Å²) in [5, 5.41) is 6.64. The fraction of sp³-hybridized carbons (Fsp3) is 0.0192. The Kier molecular flexibility index (Phi) is 15.0. The molecule has 0 amide bonds. The van der Waals surface area contributed by atoms with E-state index in [0.717, 1.165) is 117 Å². The van der Waals surface area contributed by atoms with E-state index < -0.39 is 10.8 Å². The second-order valence-corrected chi connectivity index (χ2v) is 28.5. The van der Waals surface area contributed by atoms with Crippen LogP contribution in [0.25, 0.3) is 110 Å². The number of furan rings is 3. The Morgan fingerprint density at radius 1 is 0.174 bits per heavy atom. The van der Waals surface area contributed by atoms with Crippen LogP contribution < -0.4 is 9.80 Å². The van der Waals surface area contributed by atoms with Gasteiger partial charge >= 0.3 is 0 Å². The molecule has 0 fully saturated rings. The van der Waals surface area contributed by atoms with E-state index in [9.17, 15) is 0 Å². The van der Waals surface area contributed by atoms with Crippen LogP contribution in [0.15, 0.2) is 426 Å². The lowest BCUT2D eigenvalue weighted by molar-refractivity contribution is 0.648. The highest BCUT2D eigenvalue weighted by Gasteiger charge is 2.48. The largest absolute Gasteiger partial charge is 0.456 e. The molecule has 0 saturated carbocycles. The molecule has 109 heavy (non-hydrogen) atoms. The van der Waals surface area contributed by atoms with Gasteiger partial charge in [-0.25, -0.2) is 0 Å². The lowest BCUT2D eigenvalue weighted by Crippen LogP contribution is -2.28. The predicted octanol–water partition coefficient (Wildman–Crippen LogP) is 28.1. The number of benzene rings is 17. The van der Waals surface area contributed by atoms with Crippen molar-refractivity contribution in [3.63, 3.8) is 0 Å². The third-order valence-electron chi connectivity index (χ3n) is 22.7. The Morgan fingerprint density at radius 3 is 1.12 bits per heavy atom. The summed E-state index contributed by atoms with van der Waals surface area (Å²) in [6.45, 7) is 0. The summed E-state index contributed by atoms with van der Waals surface area (Å²) in [6.07, 6.45) is 0. The van der Waals surface area contributed by atoms with E-state index in [1.165, 1.54) is 72.3 Å². The molecule has 5 heteroatoms. The molecule has 2 aliphatic rings. The average Bonchev–Trinajstić information content (AvgIpc) is 1.55. The summed E-state index contributed by atoms with van der Waals surface area (Å²) in [7, 11) is 0. The topological polar surface area (TPSA) is 45.9 Å². The number of rotatable bonds is 12. The molecular weight excluding hydrogens is 1330 g/mol. The Labute approximate surface area is 631 Å². The van der Waals surface area contributed by atoms with Gasteiger partial charge < -0.3 is 23.1 Å². The number of fused-ring (bicyclic) bond motifs is 15. The summed E-state index contributed by atoms with van der Waals surface area (Å²) < 4.78 is 20.1. The minimum Gasteiger partial charge on any atom is -0.456 e. The molecule has 0 aliphatic heterocycles. The fourth-order valence-corrected chi connectivity index (χ4v) is 18.0. The maximum Gasteiger partial charge on any atom is 0.140 e. The second-order valence-electron chi connectivity index (χ2n) is 28.5. The maximum atomic E-state index is 6.97. The van der Waals surface area contributed by atoms with Crippen molar-refractivity contribution in [2.24, 2.45) is 0 Å². The second kappa shape index (κ2) is 25.8. The minimum atomic E-state index is -0.542. The van der Waals surface area contributed by atoms with Crippen LogP contribution >= 0.6 is 0 Å². The molecule has 0 radical (unpaired) electrons. The van der Waals surface area contributed by atoms with Crippen molar-refractivity contribution in [3.05, 3.63) is 457 Å². The summed E-state index contributed by atoms with van der Waals surface area (Å²) in [5.41, 5.74) is 30.3. The van der Waals surface area contributed by atoms with Gasteiger partial charge in [-0.15, -0.1) is 0 Å². The van der Waals surface area contributed by atoms with Gasteiger partial charge in [-0.05, 0) is 181 Å². The summed E-state index contributed by atoms with van der Waals surface area (Å²) in [4.78, 5) is 4.60. The molecule has 3 heterocycles. The van der Waals surface area contributed by atoms with Crippen molar-refractivity contribution in [3.8, 4) is 44.5 Å². The fourth-order valence-electron chi connectivity index (χ4n) is 18.0. The molecule has 17 aromatic carbocycles. The Hall–Kier alpha value is -14.3. The van der Waals surface area contributed by atoms with Crippen molar-refractivity contribution in [2.45, 2.75) is 10.8 Å². The molecule has 0 unspecified atom stereocenters. The van der Waals surface area contributed by atoms with E-state index in [2.05, 4.69) is 404 Å². The zero-order valence-electron chi connectivity index (χ0n) is 59.4. The minimum absolute atomic E-state index is 0.480. The maximum absolute atomic E-state index is 6.97. The quantitative estimate of drug-likeness (QED) is 0.122. The molecule has 3 aromatic heterocycles. The predicted molar refractivity (Wildman–Crippen MR) is 450 cm³/mol. The third-order valence-corrected chi connectivity index (χ3v) is 22.7. The van der Waals surface area contributed by atoms with Crippen LogP contribution in [-0.4, -0.2) is 0 Å². The van der Waals surface area contributed by atoms with Gasteiger partial charge in [-0.2, -0.15) is 0 Å². The van der Waals surface area contributed by atoms with Crippen LogP contribution in [-0.2, 0) is 10.8 Å². The Morgan fingerprint density at radius 2 is 0.532 bits per heavy atom. The lowest BCUT2D eigenvalue weighted by Gasteiger charge is -2.33. The number of anilines is 6. The van der Waals surface area contributed by atoms with Gasteiger partial charge in [0.25, 0.3) is 0 Å². The first-order valence-corrected chi connectivity index (χ1v) is 37.3. The van der Waals surface area contributed by atoms with Crippen molar-refractivity contribution in [1.82, 2.24) is 0 Å².